The number of rotatable bonds is 25. The Balaban J connectivity index is 1.63. The topological polar surface area (TPSA) is 363 Å². The normalized spacial score (nSPS) is 16.2. The Labute approximate surface area is 379 Å². The van der Waals surface area contributed by atoms with Crippen LogP contribution in [0.25, 0.3) is 10.9 Å². The number of nitrogens with one attached hydrogen (secondary N) is 6. The highest BCUT2D eigenvalue weighted by molar-refractivity contribution is 5.98. The monoisotopic (exact) mass is 919 g/mol. The number of carboxylic acid groups (broad SMARTS) is 3. The molecule has 0 bridgehead atoms. The summed E-state index contributed by atoms with van der Waals surface area (Å²) in [5.74, 6) is -10.8. The summed E-state index contributed by atoms with van der Waals surface area (Å²) in [4.78, 5) is 134. The van der Waals surface area contributed by atoms with Gasteiger partial charge in [-0.3, -0.25) is 43.2 Å². The first-order valence-electron chi connectivity index (χ1n) is 21.4. The maximum atomic E-state index is 14.5. The maximum Gasteiger partial charge on any atom is 0.326 e. The summed E-state index contributed by atoms with van der Waals surface area (Å²) in [6, 6.07) is 5.61. The molecule has 2 heterocycles. The molecule has 22 heteroatoms. The number of para-hydroxylation sites is 1. The molecule has 2 aromatic carbocycles. The van der Waals surface area contributed by atoms with Crippen LogP contribution in [0.2, 0.25) is 0 Å². The average Bonchev–Trinajstić information content (AvgIpc) is 3.93. The zero-order valence-corrected chi connectivity index (χ0v) is 36.5. The highest BCUT2D eigenvalue weighted by Crippen LogP contribution is 2.23. The lowest BCUT2D eigenvalue weighted by atomic mass is 10.0. The van der Waals surface area contributed by atoms with E-state index < -0.39 is 120 Å². The number of hydrogen-bond acceptors (Lipinski definition) is 11. The molecule has 0 saturated carbocycles. The van der Waals surface area contributed by atoms with Gasteiger partial charge in [0.05, 0.1) is 12.5 Å². The molecule has 66 heavy (non-hydrogen) atoms. The van der Waals surface area contributed by atoms with E-state index in [2.05, 4.69) is 31.6 Å². The molecule has 7 atom stereocenters. The minimum Gasteiger partial charge on any atom is -0.481 e. The van der Waals surface area contributed by atoms with Crippen LogP contribution < -0.4 is 38.1 Å². The molecular weight excluding hydrogens is 863 g/mol. The lowest BCUT2D eigenvalue weighted by molar-refractivity contribution is -0.144. The number of primary amides is 1. The third kappa shape index (κ3) is 14.9. The van der Waals surface area contributed by atoms with E-state index in [1.807, 2.05) is 0 Å². The van der Waals surface area contributed by atoms with Crippen molar-refractivity contribution in [2.75, 3.05) is 6.54 Å². The van der Waals surface area contributed by atoms with E-state index in [9.17, 15) is 58.2 Å². The van der Waals surface area contributed by atoms with Crippen molar-refractivity contribution in [3.8, 4) is 0 Å². The molecule has 1 aliphatic heterocycles. The van der Waals surface area contributed by atoms with Crippen molar-refractivity contribution in [1.82, 2.24) is 36.5 Å². The zero-order valence-electron chi connectivity index (χ0n) is 36.5. The van der Waals surface area contributed by atoms with Gasteiger partial charge in [-0.05, 0) is 48.8 Å². The number of likely N-dealkylation sites (tertiary alicyclic amines) is 1. The number of carbonyl (C=O) groups is 10. The van der Waals surface area contributed by atoms with Gasteiger partial charge < -0.3 is 63.3 Å². The molecule has 0 spiro atoms. The van der Waals surface area contributed by atoms with Crippen molar-refractivity contribution in [3.05, 3.63) is 71.9 Å². The van der Waals surface area contributed by atoms with E-state index in [4.69, 9.17) is 16.6 Å². The van der Waals surface area contributed by atoms with Crippen LogP contribution in [0.15, 0.2) is 60.8 Å². The van der Waals surface area contributed by atoms with Crippen LogP contribution in [-0.2, 0) is 60.8 Å². The number of nitrogens with two attached hydrogens (primary N) is 2. The average molecular weight is 920 g/mol. The molecule has 3 aromatic rings. The molecule has 0 aliphatic carbocycles. The van der Waals surface area contributed by atoms with Gasteiger partial charge in [0.15, 0.2) is 0 Å². The van der Waals surface area contributed by atoms with Gasteiger partial charge in [-0.2, -0.15) is 0 Å². The Bertz CT molecular complexity index is 2270. The number of nitrogens with zero attached hydrogens (tertiary/aromatic N) is 1. The van der Waals surface area contributed by atoms with E-state index >= 15 is 0 Å². The zero-order chi connectivity index (χ0) is 48.7. The maximum absolute atomic E-state index is 14.5. The van der Waals surface area contributed by atoms with Gasteiger partial charge in [0.25, 0.3) is 0 Å². The number of aliphatic carboxylic acids is 3. The number of fused-ring (bicyclic) bond motifs is 1. The van der Waals surface area contributed by atoms with E-state index in [1.165, 1.54) is 4.90 Å². The summed E-state index contributed by atoms with van der Waals surface area (Å²) in [6.07, 6.45) is -0.575. The fraction of sp³-hybridized carbons (Fsp3) is 0.455. The summed E-state index contributed by atoms with van der Waals surface area (Å²) in [5.41, 5.74) is 13.0. The Morgan fingerprint density at radius 3 is 1.97 bits per heavy atom. The Morgan fingerprint density at radius 1 is 0.712 bits per heavy atom. The summed E-state index contributed by atoms with van der Waals surface area (Å²) in [7, 11) is 0. The minimum atomic E-state index is -1.74. The van der Waals surface area contributed by atoms with Crippen LogP contribution >= 0.6 is 0 Å². The predicted octanol–water partition coefficient (Wildman–Crippen LogP) is -0.959. The third-order valence-electron chi connectivity index (χ3n) is 11.0. The van der Waals surface area contributed by atoms with Crippen LogP contribution in [0.5, 0.6) is 0 Å². The van der Waals surface area contributed by atoms with Crippen LogP contribution in [0, 0.1) is 5.92 Å². The fourth-order valence-electron chi connectivity index (χ4n) is 7.49. The van der Waals surface area contributed by atoms with E-state index in [-0.39, 0.29) is 45.1 Å². The van der Waals surface area contributed by atoms with Gasteiger partial charge in [-0.1, -0.05) is 62.4 Å². The van der Waals surface area contributed by atoms with Gasteiger partial charge in [-0.15, -0.1) is 0 Å². The molecule has 13 N–H and O–H groups in total. The van der Waals surface area contributed by atoms with Gasteiger partial charge in [0.2, 0.25) is 41.4 Å². The first-order chi connectivity index (χ1) is 31.2. The lowest BCUT2D eigenvalue weighted by Crippen LogP contribution is -2.60. The van der Waals surface area contributed by atoms with Crippen LogP contribution in [0.4, 0.5) is 0 Å². The number of carbonyl (C=O) groups excluding carboxylic acids is 7. The number of hydrogen-bond donors (Lipinski definition) is 11. The molecule has 356 valence electrons. The molecule has 4 rings (SSSR count). The highest BCUT2D eigenvalue weighted by atomic mass is 16.4. The fourth-order valence-corrected chi connectivity index (χ4v) is 7.49. The Hall–Kier alpha value is -7.36. The van der Waals surface area contributed by atoms with Crippen molar-refractivity contribution in [3.63, 3.8) is 0 Å². The van der Waals surface area contributed by atoms with Crippen LogP contribution in [0.1, 0.15) is 69.9 Å². The predicted molar refractivity (Wildman–Crippen MR) is 235 cm³/mol. The summed E-state index contributed by atoms with van der Waals surface area (Å²) in [5, 5.41) is 41.5. The van der Waals surface area contributed by atoms with Crippen molar-refractivity contribution in [2.24, 2.45) is 17.4 Å². The highest BCUT2D eigenvalue weighted by Gasteiger charge is 2.40. The minimum absolute atomic E-state index is 0.0288. The molecule has 0 radical (unpaired) electrons. The number of benzene rings is 2. The van der Waals surface area contributed by atoms with Gasteiger partial charge in [0, 0.05) is 49.3 Å². The van der Waals surface area contributed by atoms with E-state index in [1.54, 1.807) is 74.6 Å². The summed E-state index contributed by atoms with van der Waals surface area (Å²) in [6.45, 7) is 3.17. The second-order valence-corrected chi connectivity index (χ2v) is 16.4. The van der Waals surface area contributed by atoms with Gasteiger partial charge in [0.1, 0.15) is 36.3 Å². The molecule has 1 aliphatic rings. The second kappa shape index (κ2) is 24.1. The first-order valence-corrected chi connectivity index (χ1v) is 21.4. The van der Waals surface area contributed by atoms with Crippen molar-refractivity contribution >= 4 is 70.2 Å². The van der Waals surface area contributed by atoms with Crippen molar-refractivity contribution < 1.29 is 63.3 Å². The molecule has 0 unspecified atom stereocenters. The molecule has 1 fully saturated rings. The Morgan fingerprint density at radius 2 is 1.33 bits per heavy atom. The Kier molecular flexibility index (Phi) is 18.7. The quantitative estimate of drug-likeness (QED) is 0.0488. The second-order valence-electron chi connectivity index (χ2n) is 16.4. The van der Waals surface area contributed by atoms with Crippen molar-refractivity contribution in [2.45, 2.75) is 114 Å². The van der Waals surface area contributed by atoms with Crippen LogP contribution in [-0.4, -0.2) is 133 Å². The SMILES string of the molecule is CC(C)[C@H](NC(=O)[C@H](CCC(N)=O)NC(=O)[C@H](Cc1c[nH]c2ccccc12)NC(=O)[C@@H]1CCCN1C(=O)[C@H](Cc1ccccc1)NC(=O)[C@H](CC(=O)O)NC(=O)[C@@H](N)CCC(=O)O)C(=O)O. The van der Waals surface area contributed by atoms with Crippen molar-refractivity contribution in [1.29, 1.82) is 0 Å². The number of H-pyrrole nitrogens is 1. The van der Waals surface area contributed by atoms with E-state index in [0.29, 0.717) is 22.9 Å². The molecule has 1 aromatic heterocycles. The first kappa shape index (κ1) is 51.3. The number of carboxylic acids is 3. The van der Waals surface area contributed by atoms with Gasteiger partial charge in [-0.25, -0.2) is 4.79 Å². The smallest absolute Gasteiger partial charge is 0.326 e. The number of aromatic nitrogens is 1. The van der Waals surface area contributed by atoms with Gasteiger partial charge >= 0.3 is 17.9 Å². The van der Waals surface area contributed by atoms with Crippen LogP contribution in [0.3, 0.4) is 0 Å². The third-order valence-corrected chi connectivity index (χ3v) is 11.0. The molecule has 7 amide bonds. The summed E-state index contributed by atoms with van der Waals surface area (Å²) < 4.78 is 0. The lowest BCUT2D eigenvalue weighted by Gasteiger charge is -2.31. The largest absolute Gasteiger partial charge is 0.481 e. The molecule has 1 saturated heterocycles. The standard InChI is InChI=1S/C44H57N9O13/c1-23(2)37(44(65)66)52-39(60)29(15-16-34(46)54)48-40(61)30(20-25-22-47-28-12-7-6-11-26(25)28)50-42(63)33-13-8-18-53(33)43(64)32(19-24-9-4-3-5-10-24)51-41(62)31(21-36(57)58)49-38(59)27(45)14-17-35(55)56/h3-7,9-12,22-23,27,29-33,37,47H,8,13-21,45H2,1-2H3,(H2,46,54)(H,48,61)(H,49,59)(H,50,63)(H,51,62)(H,52,60)(H,55,56)(H,57,58)(H,65,66)/t27-,29-,30-,31-,32-,33-,37-/m0/s1. The number of amides is 7. The molecule has 22 nitrogen and oxygen atoms in total. The van der Waals surface area contributed by atoms with E-state index in [0.717, 1.165) is 5.52 Å². The summed E-state index contributed by atoms with van der Waals surface area (Å²) >= 11 is 0. The number of aromatic amines is 1. The molecular formula is C44H57N9O13.